The van der Waals surface area contributed by atoms with Gasteiger partial charge in [-0.05, 0) is 110 Å². The molecule has 12 heteroatoms. The second-order valence-corrected chi connectivity index (χ2v) is 17.1. The number of fused-ring (bicyclic) bond motifs is 4. The van der Waals surface area contributed by atoms with Gasteiger partial charge in [0.2, 0.25) is 11.8 Å². The van der Waals surface area contributed by atoms with Gasteiger partial charge in [-0.3, -0.25) is 9.59 Å². The van der Waals surface area contributed by atoms with E-state index in [1.165, 1.54) is 29.4 Å². The van der Waals surface area contributed by atoms with E-state index in [2.05, 4.69) is 44.5 Å². The summed E-state index contributed by atoms with van der Waals surface area (Å²) in [6.45, 7) is 7.92. The number of carbonyl (C=O) groups excluding carboxylic acids is 3. The number of aromatic nitrogens is 4. The van der Waals surface area contributed by atoms with Gasteiger partial charge in [-0.15, -0.1) is 0 Å². The summed E-state index contributed by atoms with van der Waals surface area (Å²) in [4.78, 5) is 60.4. The van der Waals surface area contributed by atoms with E-state index in [1.807, 2.05) is 45.0 Å². The summed E-state index contributed by atoms with van der Waals surface area (Å²) in [5.74, 6) is 2.52. The van der Waals surface area contributed by atoms with Crippen LogP contribution in [0, 0.1) is 23.7 Å². The lowest BCUT2D eigenvalue weighted by atomic mass is 9.86. The van der Waals surface area contributed by atoms with Crippen molar-refractivity contribution in [3.8, 4) is 0 Å². The third-order valence-electron chi connectivity index (χ3n) is 13.2. The average Bonchev–Trinajstić information content (AvgIpc) is 4.04. The van der Waals surface area contributed by atoms with Gasteiger partial charge < -0.3 is 35.6 Å². The number of hydrogen-bond donors (Lipinski definition) is 4. The molecule has 0 aromatic carbocycles. The van der Waals surface area contributed by atoms with Gasteiger partial charge >= 0.3 is 6.09 Å². The van der Waals surface area contributed by atoms with Crippen LogP contribution in [0.1, 0.15) is 127 Å². The molecule has 54 heavy (non-hydrogen) atoms. The largest absolute Gasteiger partial charge is 0.453 e. The molecule has 4 bridgehead atoms. The molecule has 0 spiro atoms. The van der Waals surface area contributed by atoms with Crippen molar-refractivity contribution in [2.45, 2.75) is 128 Å². The zero-order chi connectivity index (χ0) is 37.8. The number of nitrogens with two attached hydrogens (primary N) is 1. The van der Waals surface area contributed by atoms with Crippen molar-refractivity contribution >= 4 is 29.1 Å². The molecule has 288 valence electrons. The highest BCUT2D eigenvalue weighted by Gasteiger charge is 2.52. The number of H-pyrrole nitrogens is 2. The molecule has 4 fully saturated rings. The molecule has 2 aromatic heterocycles. The van der Waals surface area contributed by atoms with Gasteiger partial charge in [0, 0.05) is 12.1 Å². The van der Waals surface area contributed by atoms with E-state index in [4.69, 9.17) is 20.4 Å². The summed E-state index contributed by atoms with van der Waals surface area (Å²) in [6, 6.07) is -0.861. The Hall–Kier alpha value is -4.45. The molecule has 4 heterocycles. The van der Waals surface area contributed by atoms with Crippen LogP contribution in [0.2, 0.25) is 0 Å². The number of ether oxygens (including phenoxy) is 1. The highest BCUT2D eigenvalue weighted by Crippen LogP contribution is 2.51. The Labute approximate surface area is 318 Å². The number of hydrogen-bond acceptors (Lipinski definition) is 7. The van der Waals surface area contributed by atoms with Crippen molar-refractivity contribution in [3.63, 3.8) is 0 Å². The van der Waals surface area contributed by atoms with Crippen LogP contribution in [0.15, 0.2) is 47.8 Å². The number of nitrogens with zero attached hydrogens (tertiary/aromatic N) is 4. The van der Waals surface area contributed by atoms with Gasteiger partial charge in [-0.1, -0.05) is 52.0 Å². The molecule has 3 amide bonds. The average molecular weight is 737 g/mol. The standard InChI is InChI=1S/C42H56N8O4/c1-22(2)34(43)40(51)49-30-16-14-28(18-30)36(49)38-44-20-32(46-38)26-10-6-24(7-11-26)25-8-12-27(13-9-25)33-21-45-39(47-33)37-29-15-17-31(19-29)50(37)41(52)35(23(3)4)48-42(53)54-5/h6,8,10,12,20-23,28-31,34-37H,7,9,11,13-19,43H2,1-5H3,(H,44,46)(H,45,47)(H,48,53). The molecule has 4 aliphatic carbocycles. The van der Waals surface area contributed by atoms with Crippen molar-refractivity contribution in [2.75, 3.05) is 7.11 Å². The van der Waals surface area contributed by atoms with E-state index in [-0.39, 0.29) is 47.8 Å². The van der Waals surface area contributed by atoms with Crippen LogP contribution >= 0.6 is 0 Å². The normalized spacial score (nSPS) is 28.6. The fourth-order valence-corrected chi connectivity index (χ4v) is 10.2. The zero-order valence-corrected chi connectivity index (χ0v) is 32.3. The first-order valence-electron chi connectivity index (χ1n) is 20.2. The molecule has 2 aliphatic heterocycles. The van der Waals surface area contributed by atoms with Crippen molar-refractivity contribution in [2.24, 2.45) is 29.4 Å². The number of alkyl carbamates (subject to hydrolysis) is 1. The number of rotatable bonds is 10. The summed E-state index contributed by atoms with van der Waals surface area (Å²) < 4.78 is 4.83. The number of nitrogens with one attached hydrogen (secondary N) is 3. The van der Waals surface area contributed by atoms with Gasteiger partial charge in [-0.25, -0.2) is 14.8 Å². The van der Waals surface area contributed by atoms with Crippen LogP contribution in [-0.4, -0.2) is 78.9 Å². The van der Waals surface area contributed by atoms with Crippen molar-refractivity contribution in [1.29, 1.82) is 0 Å². The Balaban J connectivity index is 0.946. The van der Waals surface area contributed by atoms with Crippen LogP contribution in [0.5, 0.6) is 0 Å². The van der Waals surface area contributed by atoms with E-state index in [1.54, 1.807) is 0 Å². The van der Waals surface area contributed by atoms with Gasteiger partial charge in [0.15, 0.2) is 0 Å². The molecule has 6 aliphatic rings. The van der Waals surface area contributed by atoms with E-state index in [0.717, 1.165) is 87.2 Å². The predicted octanol–water partition coefficient (Wildman–Crippen LogP) is 6.51. The molecule has 2 saturated heterocycles. The van der Waals surface area contributed by atoms with Crippen molar-refractivity contribution in [1.82, 2.24) is 35.1 Å². The second-order valence-electron chi connectivity index (χ2n) is 17.1. The maximum atomic E-state index is 13.9. The second kappa shape index (κ2) is 14.7. The number of carbonyl (C=O) groups is 3. The van der Waals surface area contributed by atoms with E-state index in [0.29, 0.717) is 11.8 Å². The first-order valence-corrected chi connectivity index (χ1v) is 20.2. The summed E-state index contributed by atoms with van der Waals surface area (Å²) in [6.07, 6.45) is 22.2. The first kappa shape index (κ1) is 36.5. The summed E-state index contributed by atoms with van der Waals surface area (Å²) in [5.41, 5.74) is 13.6. The molecule has 5 N–H and O–H groups in total. The fraction of sp³-hybridized carbons (Fsp3) is 0.595. The van der Waals surface area contributed by atoms with Crippen LogP contribution in [0.4, 0.5) is 4.79 Å². The van der Waals surface area contributed by atoms with Gasteiger partial charge in [0.25, 0.3) is 0 Å². The van der Waals surface area contributed by atoms with Crippen LogP contribution in [-0.2, 0) is 14.3 Å². The lowest BCUT2D eigenvalue weighted by molar-refractivity contribution is -0.139. The minimum absolute atomic E-state index is 0.0216. The molecule has 8 atom stereocenters. The number of piperidine rings is 2. The molecule has 2 aromatic rings. The third kappa shape index (κ3) is 6.54. The first-order chi connectivity index (χ1) is 26.0. The Bertz CT molecular complexity index is 1920. The Kier molecular flexibility index (Phi) is 9.91. The monoisotopic (exact) mass is 736 g/mol. The minimum atomic E-state index is -0.653. The van der Waals surface area contributed by atoms with Gasteiger partial charge in [0.05, 0.1) is 49.0 Å². The summed E-state index contributed by atoms with van der Waals surface area (Å²) in [7, 11) is 1.32. The van der Waals surface area contributed by atoms with E-state index < -0.39 is 18.2 Å². The molecule has 2 saturated carbocycles. The Morgan fingerprint density at radius 1 is 0.722 bits per heavy atom. The van der Waals surface area contributed by atoms with Crippen LogP contribution in [0.3, 0.4) is 0 Å². The number of imidazole rings is 2. The maximum Gasteiger partial charge on any atom is 0.407 e. The fourth-order valence-electron chi connectivity index (χ4n) is 10.2. The quantitative estimate of drug-likeness (QED) is 0.216. The van der Waals surface area contributed by atoms with Gasteiger partial charge in [0.1, 0.15) is 17.7 Å². The van der Waals surface area contributed by atoms with Crippen LogP contribution in [0.25, 0.3) is 11.1 Å². The lowest BCUT2D eigenvalue weighted by Crippen LogP contribution is -2.54. The highest BCUT2D eigenvalue weighted by molar-refractivity contribution is 5.87. The number of aromatic amines is 2. The van der Waals surface area contributed by atoms with Crippen molar-refractivity contribution < 1.29 is 19.1 Å². The molecule has 12 nitrogen and oxygen atoms in total. The molecule has 8 unspecified atom stereocenters. The smallest absolute Gasteiger partial charge is 0.407 e. The van der Waals surface area contributed by atoms with Crippen molar-refractivity contribution in [3.05, 3.63) is 70.9 Å². The number of allylic oxidation sites excluding steroid dienone is 8. The van der Waals surface area contributed by atoms with E-state index >= 15 is 0 Å². The maximum absolute atomic E-state index is 13.9. The molecular weight excluding hydrogens is 681 g/mol. The third-order valence-corrected chi connectivity index (χ3v) is 13.2. The predicted molar refractivity (Wildman–Crippen MR) is 206 cm³/mol. The zero-order valence-electron chi connectivity index (χ0n) is 32.3. The minimum Gasteiger partial charge on any atom is -0.453 e. The molecule has 8 rings (SSSR count). The molecular formula is C42H56N8O4. The SMILES string of the molecule is COC(=O)NC(C(=O)N1C2CCC(C2)C1c1ncc(C2=CC=C(C3=CC=C(c4cnc(C5C6CCC(C6)N5C(=O)C(N)C(C)C)[nH]4)CC3)CC2)[nH]1)C(C)C. The summed E-state index contributed by atoms with van der Waals surface area (Å²) >= 11 is 0. The Morgan fingerprint density at radius 2 is 1.19 bits per heavy atom. The number of methoxy groups -OCH3 is 1. The lowest BCUT2D eigenvalue weighted by Gasteiger charge is -2.37. The van der Waals surface area contributed by atoms with Gasteiger partial charge in [-0.2, -0.15) is 0 Å². The summed E-state index contributed by atoms with van der Waals surface area (Å²) in [5, 5.41) is 2.77. The van der Waals surface area contributed by atoms with Crippen LogP contribution < -0.4 is 11.1 Å². The van der Waals surface area contributed by atoms with E-state index in [9.17, 15) is 14.4 Å². The number of amides is 3. The number of likely N-dealkylation sites (tertiary alicyclic amines) is 2. The Morgan fingerprint density at radius 3 is 1.61 bits per heavy atom. The molecule has 0 radical (unpaired) electrons. The highest BCUT2D eigenvalue weighted by atomic mass is 16.5. The topological polar surface area (TPSA) is 162 Å².